The molecule has 4 rings (SSSR count). The number of nitrogens with zero attached hydrogens (tertiary/aromatic N) is 4. The first-order chi connectivity index (χ1) is 11.3. The van der Waals surface area contributed by atoms with Gasteiger partial charge in [-0.15, -0.1) is 22.6 Å². The Hall–Kier alpha value is -1.92. The quantitative estimate of drug-likeness (QED) is 0.901. The Morgan fingerprint density at radius 3 is 2.29 bits per heavy atom. The summed E-state index contributed by atoms with van der Waals surface area (Å²) in [6.45, 7) is 3.97. The fourth-order valence-electron chi connectivity index (χ4n) is 3.70. The molecule has 0 atom stereocenters. The maximum absolute atomic E-state index is 12.7. The van der Waals surface area contributed by atoms with Crippen molar-refractivity contribution in [2.45, 2.75) is 19.3 Å². The third kappa shape index (κ3) is 3.16. The van der Waals surface area contributed by atoms with E-state index in [1.165, 1.54) is 6.42 Å². The van der Waals surface area contributed by atoms with Crippen molar-refractivity contribution in [1.29, 1.82) is 0 Å². The zero-order valence-electron chi connectivity index (χ0n) is 13.5. The highest BCUT2D eigenvalue weighted by Gasteiger charge is 2.38. The van der Waals surface area contributed by atoms with Crippen molar-refractivity contribution in [2.24, 2.45) is 5.41 Å². The molecular weight excluding hydrogens is 326 g/mol. The van der Waals surface area contributed by atoms with Gasteiger partial charge in [0.15, 0.2) is 0 Å². The third-order valence-corrected chi connectivity index (χ3v) is 5.27. The number of aromatic nitrogens is 3. The van der Waals surface area contributed by atoms with Crippen LogP contribution in [0.25, 0.3) is 5.69 Å². The number of likely N-dealkylation sites (tertiary alicyclic amines) is 1. The second-order valence-electron chi connectivity index (χ2n) is 6.64. The zero-order chi connectivity index (χ0) is 15.7. The van der Waals surface area contributed by atoms with Crippen LogP contribution in [-0.2, 0) is 0 Å². The van der Waals surface area contributed by atoms with Crippen LogP contribution in [0.1, 0.15) is 29.6 Å². The lowest BCUT2D eigenvalue weighted by Gasteiger charge is -2.38. The van der Waals surface area contributed by atoms with Gasteiger partial charge in [0.05, 0.1) is 0 Å². The smallest absolute Gasteiger partial charge is 0.253 e. The summed E-state index contributed by atoms with van der Waals surface area (Å²) >= 11 is 0. The van der Waals surface area contributed by atoms with Crippen LogP contribution < -0.4 is 5.32 Å². The topological polar surface area (TPSA) is 63.1 Å². The minimum atomic E-state index is 0. The van der Waals surface area contributed by atoms with Gasteiger partial charge in [-0.3, -0.25) is 9.36 Å². The second kappa shape index (κ2) is 6.91. The number of benzene rings is 1. The number of carbonyl (C=O) groups is 1. The summed E-state index contributed by atoms with van der Waals surface area (Å²) in [4.78, 5) is 14.7. The molecule has 0 radical (unpaired) electrons. The van der Waals surface area contributed by atoms with Crippen molar-refractivity contribution < 1.29 is 4.79 Å². The summed E-state index contributed by atoms with van der Waals surface area (Å²) in [5, 5.41) is 11.1. The normalized spacial score (nSPS) is 19.2. The first kappa shape index (κ1) is 16.9. The molecule has 0 bridgehead atoms. The number of halogens is 1. The highest BCUT2D eigenvalue weighted by atomic mass is 35.5. The molecule has 1 N–H and O–H groups in total. The van der Waals surface area contributed by atoms with Crippen LogP contribution in [0.3, 0.4) is 0 Å². The van der Waals surface area contributed by atoms with Crippen LogP contribution in [0.2, 0.25) is 0 Å². The number of piperidine rings is 1. The van der Waals surface area contributed by atoms with Gasteiger partial charge in [0.1, 0.15) is 12.7 Å². The second-order valence-corrected chi connectivity index (χ2v) is 6.64. The van der Waals surface area contributed by atoms with E-state index in [1.54, 1.807) is 12.7 Å². The summed E-state index contributed by atoms with van der Waals surface area (Å²) in [5.74, 6) is 0.140. The summed E-state index contributed by atoms with van der Waals surface area (Å²) in [7, 11) is 0. The van der Waals surface area contributed by atoms with E-state index >= 15 is 0 Å². The molecule has 2 aliphatic heterocycles. The number of carbonyl (C=O) groups excluding carboxylic acids is 1. The summed E-state index contributed by atoms with van der Waals surface area (Å²) in [5.41, 5.74) is 2.15. The Kier molecular flexibility index (Phi) is 4.87. The minimum Gasteiger partial charge on any atom is -0.339 e. The molecule has 2 aliphatic rings. The van der Waals surface area contributed by atoms with E-state index in [0.29, 0.717) is 5.41 Å². The molecule has 2 saturated heterocycles. The SMILES string of the molecule is Cl.O=C(c1ccc(-n2cnnc2)cc1)N1CCC2(CCNC2)CC1. The Morgan fingerprint density at radius 1 is 1.04 bits per heavy atom. The largest absolute Gasteiger partial charge is 0.339 e. The molecular formula is C17H22ClN5O. The van der Waals surface area contributed by atoms with E-state index in [4.69, 9.17) is 0 Å². The number of amides is 1. The maximum Gasteiger partial charge on any atom is 0.253 e. The van der Waals surface area contributed by atoms with E-state index in [0.717, 1.165) is 50.3 Å². The van der Waals surface area contributed by atoms with Crippen molar-refractivity contribution in [3.8, 4) is 5.69 Å². The fourth-order valence-corrected chi connectivity index (χ4v) is 3.70. The highest BCUT2D eigenvalue weighted by molar-refractivity contribution is 5.94. The molecule has 3 heterocycles. The van der Waals surface area contributed by atoms with Crippen molar-refractivity contribution in [3.05, 3.63) is 42.5 Å². The molecule has 1 aromatic carbocycles. The van der Waals surface area contributed by atoms with Gasteiger partial charge in [-0.05, 0) is 55.5 Å². The molecule has 0 saturated carbocycles. The Bertz CT molecular complexity index is 670. The summed E-state index contributed by atoms with van der Waals surface area (Å²) in [6, 6.07) is 7.64. The van der Waals surface area contributed by atoms with Crippen LogP contribution in [0.15, 0.2) is 36.9 Å². The summed E-state index contributed by atoms with van der Waals surface area (Å²) < 4.78 is 1.83. The van der Waals surface area contributed by atoms with E-state index < -0.39 is 0 Å². The molecule has 6 nitrogen and oxygen atoms in total. The molecule has 2 fully saturated rings. The maximum atomic E-state index is 12.7. The molecule has 0 aliphatic carbocycles. The predicted molar refractivity (Wildman–Crippen MR) is 93.7 cm³/mol. The van der Waals surface area contributed by atoms with Gasteiger partial charge in [0.2, 0.25) is 0 Å². The molecule has 1 spiro atoms. The van der Waals surface area contributed by atoms with Crippen molar-refractivity contribution in [2.75, 3.05) is 26.2 Å². The van der Waals surface area contributed by atoms with E-state index in [-0.39, 0.29) is 18.3 Å². The zero-order valence-corrected chi connectivity index (χ0v) is 14.3. The van der Waals surface area contributed by atoms with Gasteiger partial charge >= 0.3 is 0 Å². The average molecular weight is 348 g/mol. The monoisotopic (exact) mass is 347 g/mol. The Labute approximate surface area is 147 Å². The van der Waals surface area contributed by atoms with E-state index in [1.807, 2.05) is 33.7 Å². The fraction of sp³-hybridized carbons (Fsp3) is 0.471. The molecule has 128 valence electrons. The van der Waals surface area contributed by atoms with Crippen molar-refractivity contribution >= 4 is 18.3 Å². The molecule has 1 aromatic heterocycles. The predicted octanol–water partition coefficient (Wildman–Crippen LogP) is 1.90. The van der Waals surface area contributed by atoms with Crippen LogP contribution in [0, 0.1) is 5.41 Å². The van der Waals surface area contributed by atoms with Gasteiger partial charge < -0.3 is 10.2 Å². The molecule has 7 heteroatoms. The average Bonchev–Trinajstić information content (AvgIpc) is 3.28. The van der Waals surface area contributed by atoms with Gasteiger partial charge in [-0.1, -0.05) is 0 Å². The molecule has 24 heavy (non-hydrogen) atoms. The molecule has 1 amide bonds. The van der Waals surface area contributed by atoms with Gasteiger partial charge in [0.25, 0.3) is 5.91 Å². The van der Waals surface area contributed by atoms with Crippen molar-refractivity contribution in [3.63, 3.8) is 0 Å². The molecule has 0 unspecified atom stereocenters. The number of rotatable bonds is 2. The van der Waals surface area contributed by atoms with Gasteiger partial charge in [0, 0.05) is 30.9 Å². The van der Waals surface area contributed by atoms with Crippen LogP contribution in [-0.4, -0.2) is 51.8 Å². The van der Waals surface area contributed by atoms with E-state index in [2.05, 4.69) is 15.5 Å². The van der Waals surface area contributed by atoms with Crippen LogP contribution >= 0.6 is 12.4 Å². The van der Waals surface area contributed by atoms with Crippen LogP contribution in [0.5, 0.6) is 0 Å². The van der Waals surface area contributed by atoms with Crippen LogP contribution in [0.4, 0.5) is 0 Å². The van der Waals surface area contributed by atoms with Crippen molar-refractivity contribution in [1.82, 2.24) is 25.0 Å². The first-order valence-electron chi connectivity index (χ1n) is 8.21. The number of nitrogens with one attached hydrogen (secondary N) is 1. The first-order valence-corrected chi connectivity index (χ1v) is 8.21. The minimum absolute atomic E-state index is 0. The lowest BCUT2D eigenvalue weighted by molar-refractivity contribution is 0.0607. The third-order valence-electron chi connectivity index (χ3n) is 5.27. The summed E-state index contributed by atoms with van der Waals surface area (Å²) in [6.07, 6.45) is 6.78. The Morgan fingerprint density at radius 2 is 1.71 bits per heavy atom. The standard InChI is InChI=1S/C17H21N5O.ClH/c23-16(21-9-6-17(7-10-21)5-8-18-11-17)14-1-3-15(4-2-14)22-12-19-20-13-22;/h1-4,12-13,18H,5-11H2;1H. The number of hydrogen-bond donors (Lipinski definition) is 1. The number of hydrogen-bond acceptors (Lipinski definition) is 4. The Balaban J connectivity index is 0.00000169. The molecule has 2 aromatic rings. The lowest BCUT2D eigenvalue weighted by Crippen LogP contribution is -2.44. The van der Waals surface area contributed by atoms with Gasteiger partial charge in [-0.25, -0.2) is 0 Å². The highest BCUT2D eigenvalue weighted by Crippen LogP contribution is 2.37. The lowest BCUT2D eigenvalue weighted by atomic mass is 9.78. The van der Waals surface area contributed by atoms with Gasteiger partial charge in [-0.2, -0.15) is 0 Å². The van der Waals surface area contributed by atoms with E-state index in [9.17, 15) is 4.79 Å².